The Hall–Kier alpha value is -2.51. The third-order valence-corrected chi connectivity index (χ3v) is 5.53. The van der Waals surface area contributed by atoms with E-state index >= 15 is 0 Å². The van der Waals surface area contributed by atoms with E-state index < -0.39 is 0 Å². The zero-order valence-corrected chi connectivity index (χ0v) is 16.5. The number of nitrogens with one attached hydrogen (secondary N) is 2. The lowest BCUT2D eigenvalue weighted by Crippen LogP contribution is -2.44. The molecule has 4 rings (SSSR count). The van der Waals surface area contributed by atoms with E-state index in [1.54, 1.807) is 11.8 Å². The normalized spacial score (nSPS) is 15.1. The van der Waals surface area contributed by atoms with Crippen LogP contribution < -0.4 is 10.2 Å². The van der Waals surface area contributed by atoms with Gasteiger partial charge < -0.3 is 15.1 Å². The number of aromatic nitrogens is 3. The van der Waals surface area contributed by atoms with Gasteiger partial charge in [-0.3, -0.25) is 5.10 Å². The first-order valence-electron chi connectivity index (χ1n) is 9.13. The third kappa shape index (κ3) is 4.61. The van der Waals surface area contributed by atoms with Crippen LogP contribution in [0, 0.1) is 6.92 Å². The Morgan fingerprint density at radius 1 is 0.963 bits per heavy atom. The Kier molecular flexibility index (Phi) is 5.31. The van der Waals surface area contributed by atoms with Crippen LogP contribution in [0.25, 0.3) is 0 Å². The number of aromatic amines is 1. The molecule has 7 heteroatoms. The summed E-state index contributed by atoms with van der Waals surface area (Å²) in [7, 11) is 2.17. The first-order valence-corrected chi connectivity index (χ1v) is 9.95. The predicted octanol–water partition coefficient (Wildman–Crippen LogP) is 3.76. The Bertz CT molecular complexity index is 886. The number of H-pyrrole nitrogens is 1. The fraction of sp³-hybridized carbons (Fsp3) is 0.300. The predicted molar refractivity (Wildman–Crippen MR) is 111 cm³/mol. The molecule has 2 aromatic heterocycles. The van der Waals surface area contributed by atoms with Crippen molar-refractivity contribution < 1.29 is 0 Å². The summed E-state index contributed by atoms with van der Waals surface area (Å²) >= 11 is 1.75. The molecule has 0 saturated carbocycles. The maximum atomic E-state index is 4.86. The van der Waals surface area contributed by atoms with Gasteiger partial charge >= 0.3 is 0 Å². The molecule has 0 radical (unpaired) electrons. The van der Waals surface area contributed by atoms with Gasteiger partial charge in [0, 0.05) is 47.7 Å². The number of pyridine rings is 1. The molecular formula is C20H24N6S. The van der Waals surface area contributed by atoms with Crippen molar-refractivity contribution in [2.45, 2.75) is 16.7 Å². The molecule has 0 amide bonds. The minimum absolute atomic E-state index is 0.784. The second-order valence-corrected chi connectivity index (χ2v) is 7.96. The summed E-state index contributed by atoms with van der Waals surface area (Å²) < 4.78 is 0. The molecule has 1 aromatic carbocycles. The van der Waals surface area contributed by atoms with Gasteiger partial charge in [-0.05, 0) is 38.2 Å². The van der Waals surface area contributed by atoms with Gasteiger partial charge in [0.05, 0.1) is 0 Å². The summed E-state index contributed by atoms with van der Waals surface area (Å²) in [5, 5.41) is 10.6. The van der Waals surface area contributed by atoms with Crippen molar-refractivity contribution in [3.63, 3.8) is 0 Å². The van der Waals surface area contributed by atoms with Gasteiger partial charge in [0.15, 0.2) is 5.82 Å². The molecule has 6 nitrogen and oxygen atoms in total. The van der Waals surface area contributed by atoms with Gasteiger partial charge in [0.25, 0.3) is 0 Å². The highest BCUT2D eigenvalue weighted by Gasteiger charge is 2.17. The van der Waals surface area contributed by atoms with E-state index in [1.807, 2.05) is 19.1 Å². The van der Waals surface area contributed by atoms with Gasteiger partial charge in [-0.1, -0.05) is 30.0 Å². The van der Waals surface area contributed by atoms with Crippen LogP contribution in [-0.4, -0.2) is 53.3 Å². The molecule has 2 N–H and O–H groups in total. The highest BCUT2D eigenvalue weighted by atomic mass is 32.2. The highest BCUT2D eigenvalue weighted by Crippen LogP contribution is 2.32. The van der Waals surface area contributed by atoms with Crippen LogP contribution >= 0.6 is 11.8 Å². The van der Waals surface area contributed by atoms with Crippen LogP contribution in [0.5, 0.6) is 0 Å². The lowest BCUT2D eigenvalue weighted by atomic mass is 10.3. The summed E-state index contributed by atoms with van der Waals surface area (Å²) in [6.45, 7) is 6.08. The first-order chi connectivity index (χ1) is 13.2. The van der Waals surface area contributed by atoms with Crippen molar-refractivity contribution in [1.29, 1.82) is 0 Å². The number of anilines is 3. The van der Waals surface area contributed by atoms with Crippen LogP contribution in [-0.2, 0) is 0 Å². The van der Waals surface area contributed by atoms with Gasteiger partial charge in [0.2, 0.25) is 0 Å². The van der Waals surface area contributed by atoms with E-state index in [2.05, 4.69) is 68.8 Å². The standard InChI is InChI=1S/C20H24N6S/c1-15-12-19(24-23-15)21-18-13-17(27-16-6-4-3-5-7-16)14-20(22-18)26-10-8-25(2)9-11-26/h3-7,12-14H,8-11H2,1-2H3,(H2,21,22,23,24). The fourth-order valence-electron chi connectivity index (χ4n) is 3.05. The van der Waals surface area contributed by atoms with Crippen molar-refractivity contribution in [2.75, 3.05) is 43.4 Å². The van der Waals surface area contributed by atoms with E-state index in [-0.39, 0.29) is 0 Å². The smallest absolute Gasteiger partial charge is 0.153 e. The Balaban J connectivity index is 1.62. The van der Waals surface area contributed by atoms with Gasteiger partial charge in [-0.15, -0.1) is 0 Å². The molecule has 1 saturated heterocycles. The summed E-state index contributed by atoms with van der Waals surface area (Å²) in [6, 6.07) is 16.7. The molecular weight excluding hydrogens is 356 g/mol. The topological polar surface area (TPSA) is 60.1 Å². The molecule has 1 fully saturated rings. The van der Waals surface area contributed by atoms with Crippen molar-refractivity contribution in [1.82, 2.24) is 20.1 Å². The van der Waals surface area contributed by atoms with Crippen LogP contribution in [0.4, 0.5) is 17.5 Å². The van der Waals surface area contributed by atoms with E-state index in [9.17, 15) is 0 Å². The van der Waals surface area contributed by atoms with Crippen LogP contribution in [0.15, 0.2) is 58.3 Å². The lowest BCUT2D eigenvalue weighted by Gasteiger charge is -2.33. The second-order valence-electron chi connectivity index (χ2n) is 6.81. The first kappa shape index (κ1) is 17.9. The molecule has 3 aromatic rings. The average molecular weight is 381 g/mol. The summed E-state index contributed by atoms with van der Waals surface area (Å²) in [5.41, 5.74) is 1.02. The van der Waals surface area contributed by atoms with Crippen molar-refractivity contribution in [3.05, 3.63) is 54.2 Å². The molecule has 0 bridgehead atoms. The number of likely N-dealkylation sites (N-methyl/N-ethyl adjacent to an activating group) is 1. The number of benzene rings is 1. The Morgan fingerprint density at radius 3 is 2.44 bits per heavy atom. The number of hydrogen-bond donors (Lipinski definition) is 2. The summed E-state index contributed by atoms with van der Waals surface area (Å²) in [6.07, 6.45) is 0. The minimum Gasteiger partial charge on any atom is -0.354 e. The number of nitrogens with zero attached hydrogens (tertiary/aromatic N) is 4. The SMILES string of the molecule is Cc1cc(Nc2cc(Sc3ccccc3)cc(N3CCN(C)CC3)n2)n[nH]1. The molecule has 1 aliphatic heterocycles. The minimum atomic E-state index is 0.784. The Labute approximate surface area is 164 Å². The highest BCUT2D eigenvalue weighted by molar-refractivity contribution is 7.99. The monoisotopic (exact) mass is 380 g/mol. The molecule has 0 spiro atoms. The van der Waals surface area contributed by atoms with Gasteiger partial charge in [-0.2, -0.15) is 5.10 Å². The fourth-order valence-corrected chi connectivity index (χ4v) is 3.95. The largest absolute Gasteiger partial charge is 0.354 e. The quantitative estimate of drug-likeness (QED) is 0.703. The van der Waals surface area contributed by atoms with Crippen LogP contribution in [0.2, 0.25) is 0 Å². The number of hydrogen-bond acceptors (Lipinski definition) is 6. The third-order valence-electron chi connectivity index (χ3n) is 4.55. The zero-order valence-electron chi connectivity index (χ0n) is 15.6. The van der Waals surface area contributed by atoms with E-state index in [4.69, 9.17) is 4.98 Å². The van der Waals surface area contributed by atoms with Crippen LogP contribution in [0.1, 0.15) is 5.69 Å². The summed E-state index contributed by atoms with van der Waals surface area (Å²) in [4.78, 5) is 12.0. The van der Waals surface area contributed by atoms with Crippen molar-refractivity contribution in [3.8, 4) is 0 Å². The second kappa shape index (κ2) is 8.02. The molecule has 0 unspecified atom stereocenters. The molecule has 1 aliphatic rings. The molecule has 0 atom stereocenters. The maximum absolute atomic E-state index is 4.86. The van der Waals surface area contributed by atoms with Crippen molar-refractivity contribution >= 4 is 29.2 Å². The zero-order chi connectivity index (χ0) is 18.6. The van der Waals surface area contributed by atoms with E-state index in [0.717, 1.165) is 49.3 Å². The number of piperazine rings is 1. The van der Waals surface area contributed by atoms with Gasteiger partial charge in [-0.25, -0.2) is 4.98 Å². The maximum Gasteiger partial charge on any atom is 0.153 e. The molecule has 0 aliphatic carbocycles. The summed E-state index contributed by atoms with van der Waals surface area (Å²) in [5.74, 6) is 2.61. The van der Waals surface area contributed by atoms with E-state index in [0.29, 0.717) is 0 Å². The Morgan fingerprint density at radius 2 is 1.74 bits per heavy atom. The van der Waals surface area contributed by atoms with Crippen molar-refractivity contribution in [2.24, 2.45) is 0 Å². The molecule has 27 heavy (non-hydrogen) atoms. The molecule has 140 valence electrons. The number of rotatable bonds is 5. The van der Waals surface area contributed by atoms with E-state index in [1.165, 1.54) is 9.79 Å². The molecule has 3 heterocycles. The number of aryl methyl sites for hydroxylation is 1. The lowest BCUT2D eigenvalue weighted by molar-refractivity contribution is 0.312. The van der Waals surface area contributed by atoms with Crippen LogP contribution in [0.3, 0.4) is 0 Å². The average Bonchev–Trinajstić information content (AvgIpc) is 3.07. The van der Waals surface area contributed by atoms with Gasteiger partial charge in [0.1, 0.15) is 11.6 Å².